The Labute approximate surface area is 221 Å². The van der Waals surface area contributed by atoms with E-state index in [1.807, 2.05) is 0 Å². The quantitative estimate of drug-likeness (QED) is 0.312. The molecular weight excluding hydrogens is 511 g/mol. The molecule has 0 aromatic carbocycles. The number of amides is 4. The summed E-state index contributed by atoms with van der Waals surface area (Å²) < 4.78 is 4.13. The van der Waals surface area contributed by atoms with E-state index in [-0.39, 0.29) is 18.4 Å². The maximum Gasteiger partial charge on any atom is 0.408 e. The molecule has 4 N–H and O–H groups in total. The highest BCUT2D eigenvalue weighted by Gasteiger charge is 2.74. The minimum atomic E-state index is -1.20. The molecule has 12 heteroatoms. The number of piperidine rings is 1. The van der Waals surface area contributed by atoms with E-state index in [1.165, 1.54) is 4.90 Å². The number of Topliss-reactive ketones (excluding diaryl/α,β-unsaturated/α-hetero) is 1. The topological polar surface area (TPSA) is 148 Å². The van der Waals surface area contributed by atoms with Crippen molar-refractivity contribution in [3.63, 3.8) is 0 Å². The summed E-state index contributed by atoms with van der Waals surface area (Å²) in [6, 6.07) is -3.18. The van der Waals surface area contributed by atoms with Crippen molar-refractivity contribution in [1.82, 2.24) is 15.5 Å². The van der Waals surface area contributed by atoms with Crippen molar-refractivity contribution in [2.24, 2.45) is 28.9 Å². The molecule has 3 aliphatic rings. The molecular formula is C24H36Cl2N4O6. The lowest BCUT2D eigenvalue weighted by atomic mass is 9.85. The lowest BCUT2D eigenvalue weighted by Gasteiger charge is -2.37. The number of rotatable bonds is 8. The van der Waals surface area contributed by atoms with Crippen molar-refractivity contribution in [3.8, 4) is 0 Å². The third kappa shape index (κ3) is 6.25. The van der Waals surface area contributed by atoms with Gasteiger partial charge in [-0.05, 0) is 38.5 Å². The van der Waals surface area contributed by atoms with Crippen LogP contribution in [0.15, 0.2) is 0 Å². The van der Waals surface area contributed by atoms with Crippen LogP contribution in [-0.4, -0.2) is 69.1 Å². The maximum absolute atomic E-state index is 13.7. The van der Waals surface area contributed by atoms with Crippen LogP contribution in [0.25, 0.3) is 0 Å². The van der Waals surface area contributed by atoms with Gasteiger partial charge in [0.15, 0.2) is 0 Å². The number of ether oxygens (including phenoxy) is 1. The number of nitrogens with one attached hydrogen (secondary N) is 2. The SMILES string of the molecule is CC(C)(C)OC(=O)N[C@H](C(=O)N1C[C@H]2[C@@H]([C@H]1C(=O)N[C@@H](CC1CC1)C(=O)C(N)=O)C2(Cl)Cl)C(C)(C)C. The Morgan fingerprint density at radius 1 is 1.06 bits per heavy atom. The standard InChI is InChI=1S/C24H36Cl2N4O6/c1-22(2,3)17(29-21(35)36-23(4,5)6)20(34)30-10-12-14(24(12,25)26)15(30)19(33)28-13(9-11-7-8-11)16(31)18(27)32/h11-15,17H,7-10H2,1-6H3,(H2,27,32)(H,28,33)(H,29,35)/t12-,13-,14-,15-,17+/m0/s1. The van der Waals surface area contributed by atoms with Crippen molar-refractivity contribution >= 4 is 52.8 Å². The summed E-state index contributed by atoms with van der Waals surface area (Å²) in [4.78, 5) is 65.0. The summed E-state index contributed by atoms with van der Waals surface area (Å²) in [5, 5.41) is 5.27. The molecule has 0 bridgehead atoms. The number of likely N-dealkylation sites (tertiary alicyclic amines) is 1. The zero-order chi connectivity index (χ0) is 27.4. The van der Waals surface area contributed by atoms with Crippen LogP contribution in [0.1, 0.15) is 60.8 Å². The van der Waals surface area contributed by atoms with Crippen LogP contribution >= 0.6 is 23.2 Å². The van der Waals surface area contributed by atoms with E-state index in [4.69, 9.17) is 33.7 Å². The number of primary amides is 1. The predicted molar refractivity (Wildman–Crippen MR) is 133 cm³/mol. The van der Waals surface area contributed by atoms with Gasteiger partial charge in [-0.15, -0.1) is 23.2 Å². The highest BCUT2D eigenvalue weighted by Crippen LogP contribution is 2.65. The van der Waals surface area contributed by atoms with E-state index in [0.29, 0.717) is 6.42 Å². The van der Waals surface area contributed by atoms with Crippen molar-refractivity contribution < 1.29 is 28.7 Å². The molecule has 202 valence electrons. The van der Waals surface area contributed by atoms with Gasteiger partial charge in [0, 0.05) is 18.4 Å². The number of ketones is 1. The first-order valence-electron chi connectivity index (χ1n) is 12.2. The number of hydrogen-bond donors (Lipinski definition) is 3. The van der Waals surface area contributed by atoms with E-state index < -0.39 is 69.0 Å². The zero-order valence-electron chi connectivity index (χ0n) is 21.5. The molecule has 0 spiro atoms. The molecule has 5 atom stereocenters. The first-order chi connectivity index (χ1) is 16.3. The molecule has 2 aliphatic carbocycles. The Bertz CT molecular complexity index is 953. The van der Waals surface area contributed by atoms with Gasteiger partial charge in [-0.3, -0.25) is 19.2 Å². The summed E-state index contributed by atoms with van der Waals surface area (Å²) in [6.45, 7) is 10.6. The zero-order valence-corrected chi connectivity index (χ0v) is 23.0. The van der Waals surface area contributed by atoms with Crippen molar-refractivity contribution in [2.75, 3.05) is 6.54 Å². The number of alkyl halides is 2. The van der Waals surface area contributed by atoms with Crippen molar-refractivity contribution in [3.05, 3.63) is 0 Å². The van der Waals surface area contributed by atoms with E-state index in [0.717, 1.165) is 12.8 Å². The van der Waals surface area contributed by atoms with E-state index in [2.05, 4.69) is 10.6 Å². The molecule has 0 aromatic rings. The van der Waals surface area contributed by atoms with Crippen LogP contribution in [0.2, 0.25) is 0 Å². The molecule has 3 rings (SSSR count). The Hall–Kier alpha value is -2.07. The second-order valence-corrected chi connectivity index (χ2v) is 13.6. The van der Waals surface area contributed by atoms with Crippen molar-refractivity contribution in [2.45, 2.75) is 88.9 Å². The van der Waals surface area contributed by atoms with Gasteiger partial charge in [-0.1, -0.05) is 33.6 Å². The monoisotopic (exact) mass is 546 g/mol. The summed E-state index contributed by atoms with van der Waals surface area (Å²) in [7, 11) is 0. The molecule has 1 aliphatic heterocycles. The minimum absolute atomic E-state index is 0.105. The first-order valence-corrected chi connectivity index (χ1v) is 12.9. The molecule has 0 unspecified atom stereocenters. The van der Waals surface area contributed by atoms with E-state index >= 15 is 0 Å². The Balaban J connectivity index is 1.83. The van der Waals surface area contributed by atoms with Gasteiger partial charge in [-0.25, -0.2) is 4.79 Å². The first kappa shape index (κ1) is 28.5. The van der Waals surface area contributed by atoms with Gasteiger partial charge < -0.3 is 26.0 Å². The van der Waals surface area contributed by atoms with Crippen molar-refractivity contribution in [1.29, 1.82) is 0 Å². The van der Waals surface area contributed by atoms with Gasteiger partial charge in [0.05, 0.1) is 6.04 Å². The Kier molecular flexibility index (Phi) is 7.65. The number of halogens is 2. The fourth-order valence-corrected chi connectivity index (χ4v) is 5.55. The third-order valence-corrected chi connectivity index (χ3v) is 7.86. The summed E-state index contributed by atoms with van der Waals surface area (Å²) >= 11 is 12.8. The number of alkyl carbamates (subject to hydrolysis) is 1. The van der Waals surface area contributed by atoms with E-state index in [1.54, 1.807) is 41.5 Å². The number of carbonyl (C=O) groups excluding carboxylic acids is 5. The maximum atomic E-state index is 13.7. The summed E-state index contributed by atoms with van der Waals surface area (Å²) in [5.41, 5.74) is 3.70. The van der Waals surface area contributed by atoms with Crippen LogP contribution in [0, 0.1) is 23.2 Å². The molecule has 0 aromatic heterocycles. The average molecular weight is 547 g/mol. The van der Waals surface area contributed by atoms with Gasteiger partial charge >= 0.3 is 6.09 Å². The van der Waals surface area contributed by atoms with Crippen LogP contribution in [0.4, 0.5) is 4.79 Å². The van der Waals surface area contributed by atoms with Gasteiger partial charge in [-0.2, -0.15) is 0 Å². The normalized spacial score (nSPS) is 26.3. The van der Waals surface area contributed by atoms with Gasteiger partial charge in [0.1, 0.15) is 22.0 Å². The highest BCUT2D eigenvalue weighted by atomic mass is 35.5. The molecule has 4 amide bonds. The molecule has 2 saturated carbocycles. The van der Waals surface area contributed by atoms with Gasteiger partial charge in [0.25, 0.3) is 5.91 Å². The fourth-order valence-electron chi connectivity index (χ4n) is 4.72. The predicted octanol–water partition coefficient (Wildman–Crippen LogP) is 1.90. The molecule has 1 saturated heterocycles. The molecule has 10 nitrogen and oxygen atoms in total. The second-order valence-electron chi connectivity index (χ2n) is 12.2. The number of nitrogens with zero attached hydrogens (tertiary/aromatic N) is 1. The second kappa shape index (κ2) is 9.67. The largest absolute Gasteiger partial charge is 0.444 e. The lowest BCUT2D eigenvalue weighted by molar-refractivity contribution is -0.144. The average Bonchev–Trinajstić information content (AvgIpc) is 3.55. The number of fused-ring (bicyclic) bond motifs is 1. The van der Waals surface area contributed by atoms with Crippen LogP contribution in [0.5, 0.6) is 0 Å². The molecule has 3 fully saturated rings. The summed E-state index contributed by atoms with van der Waals surface area (Å²) in [6.07, 6.45) is 1.32. The van der Waals surface area contributed by atoms with Crippen LogP contribution in [0.3, 0.4) is 0 Å². The number of hydrogen-bond acceptors (Lipinski definition) is 6. The Morgan fingerprint density at radius 2 is 1.64 bits per heavy atom. The van der Waals surface area contributed by atoms with E-state index in [9.17, 15) is 24.0 Å². The van der Waals surface area contributed by atoms with Crippen LogP contribution in [-0.2, 0) is 23.9 Å². The minimum Gasteiger partial charge on any atom is -0.444 e. The lowest BCUT2D eigenvalue weighted by Crippen LogP contribution is -2.61. The highest BCUT2D eigenvalue weighted by molar-refractivity contribution is 6.51. The van der Waals surface area contributed by atoms with Gasteiger partial charge in [0.2, 0.25) is 17.6 Å². The third-order valence-electron chi connectivity index (χ3n) is 6.80. The molecule has 36 heavy (non-hydrogen) atoms. The van der Waals surface area contributed by atoms with Crippen LogP contribution < -0.4 is 16.4 Å². The Morgan fingerprint density at radius 3 is 2.11 bits per heavy atom. The fraction of sp³-hybridized carbons (Fsp3) is 0.792. The summed E-state index contributed by atoms with van der Waals surface area (Å²) in [5.74, 6) is -3.84. The number of carbonyl (C=O) groups is 5. The molecule has 0 radical (unpaired) electrons. The number of nitrogens with two attached hydrogens (primary N) is 1. The molecule has 1 heterocycles. The smallest absolute Gasteiger partial charge is 0.408 e.